The number of halogens is 4. The molecule has 2 aromatic rings. The highest BCUT2D eigenvalue weighted by molar-refractivity contribution is 9.10. The summed E-state index contributed by atoms with van der Waals surface area (Å²) in [6, 6.07) is 1.03. The molecule has 2 nitrogen and oxygen atoms in total. The van der Waals surface area contributed by atoms with Crippen LogP contribution in [0.5, 0.6) is 0 Å². The number of aromatic nitrogens is 2. The zero-order chi connectivity index (χ0) is 11.2. The van der Waals surface area contributed by atoms with Gasteiger partial charge in [-0.1, -0.05) is 0 Å². The van der Waals surface area contributed by atoms with Gasteiger partial charge in [-0.2, -0.15) is 17.5 Å². The maximum Gasteiger partial charge on any atom is 0.417 e. The number of rotatable bonds is 0. The molecular weight excluding hydrogens is 293 g/mol. The van der Waals surface area contributed by atoms with Gasteiger partial charge in [0, 0.05) is 5.69 Å². The van der Waals surface area contributed by atoms with Crippen LogP contribution in [-0.4, -0.2) is 9.36 Å². The lowest BCUT2D eigenvalue weighted by Crippen LogP contribution is -2.06. The molecule has 0 N–H and O–H groups in total. The summed E-state index contributed by atoms with van der Waals surface area (Å²) in [5, 5.41) is 0.0399. The van der Waals surface area contributed by atoms with E-state index in [1.165, 1.54) is 6.92 Å². The van der Waals surface area contributed by atoms with E-state index in [4.69, 9.17) is 0 Å². The van der Waals surface area contributed by atoms with E-state index in [0.717, 1.165) is 17.6 Å². The van der Waals surface area contributed by atoms with Crippen LogP contribution in [0.25, 0.3) is 10.2 Å². The van der Waals surface area contributed by atoms with Gasteiger partial charge in [-0.25, -0.2) is 4.98 Å². The molecule has 2 aromatic heterocycles. The van der Waals surface area contributed by atoms with Crippen molar-refractivity contribution in [1.29, 1.82) is 0 Å². The van der Waals surface area contributed by atoms with Crippen molar-refractivity contribution in [3.05, 3.63) is 21.9 Å². The molecule has 0 saturated heterocycles. The van der Waals surface area contributed by atoms with Crippen LogP contribution in [-0.2, 0) is 6.18 Å². The van der Waals surface area contributed by atoms with E-state index in [1.54, 1.807) is 0 Å². The molecule has 0 spiro atoms. The van der Waals surface area contributed by atoms with Gasteiger partial charge in [0.25, 0.3) is 0 Å². The first kappa shape index (κ1) is 10.8. The fraction of sp³-hybridized carbons (Fsp3) is 0.250. The second kappa shape index (κ2) is 3.41. The molecule has 0 aliphatic heterocycles. The summed E-state index contributed by atoms with van der Waals surface area (Å²) in [6.45, 7) is 1.53. The Morgan fingerprint density at radius 3 is 2.67 bits per heavy atom. The van der Waals surface area contributed by atoms with Crippen LogP contribution < -0.4 is 0 Å². The van der Waals surface area contributed by atoms with Gasteiger partial charge in [-0.3, -0.25) is 0 Å². The zero-order valence-corrected chi connectivity index (χ0v) is 9.79. The first-order chi connectivity index (χ1) is 6.89. The van der Waals surface area contributed by atoms with Crippen LogP contribution in [0.15, 0.2) is 10.7 Å². The molecule has 0 aliphatic rings. The Morgan fingerprint density at radius 2 is 2.07 bits per heavy atom. The zero-order valence-electron chi connectivity index (χ0n) is 7.39. The summed E-state index contributed by atoms with van der Waals surface area (Å²) in [7, 11) is 0. The standard InChI is InChI=1S/C8H4BrF3N2S/c1-3-2-4(8(10,11)12)5-6(9)14-15-7(5)13-3/h2H,1H3. The van der Waals surface area contributed by atoms with Crippen molar-refractivity contribution in [1.82, 2.24) is 9.36 Å². The molecule has 0 saturated carbocycles. The van der Waals surface area contributed by atoms with Crippen LogP contribution in [0, 0.1) is 6.92 Å². The van der Waals surface area contributed by atoms with Gasteiger partial charge < -0.3 is 0 Å². The minimum absolute atomic E-state index is 0.0399. The van der Waals surface area contributed by atoms with E-state index in [-0.39, 0.29) is 9.99 Å². The molecule has 7 heteroatoms. The van der Waals surface area contributed by atoms with Crippen LogP contribution in [0.2, 0.25) is 0 Å². The monoisotopic (exact) mass is 296 g/mol. The molecule has 2 heterocycles. The van der Waals surface area contributed by atoms with E-state index >= 15 is 0 Å². The molecule has 15 heavy (non-hydrogen) atoms. The molecule has 80 valence electrons. The molecule has 0 aromatic carbocycles. The largest absolute Gasteiger partial charge is 0.417 e. The number of aryl methyl sites for hydroxylation is 1. The third kappa shape index (κ3) is 1.85. The Balaban J connectivity index is 2.87. The maximum atomic E-state index is 12.7. The average molecular weight is 297 g/mol. The van der Waals surface area contributed by atoms with Crippen molar-refractivity contribution in [2.24, 2.45) is 0 Å². The number of hydrogen-bond acceptors (Lipinski definition) is 3. The Bertz CT molecular complexity index is 520. The van der Waals surface area contributed by atoms with Gasteiger partial charge >= 0.3 is 6.18 Å². The third-order valence-electron chi connectivity index (χ3n) is 1.84. The lowest BCUT2D eigenvalue weighted by Gasteiger charge is -2.08. The lowest BCUT2D eigenvalue weighted by molar-refractivity contribution is -0.136. The lowest BCUT2D eigenvalue weighted by atomic mass is 10.1. The van der Waals surface area contributed by atoms with Crippen LogP contribution >= 0.6 is 27.5 Å². The molecule has 0 bridgehead atoms. The van der Waals surface area contributed by atoms with Crippen molar-refractivity contribution in [2.45, 2.75) is 13.1 Å². The Morgan fingerprint density at radius 1 is 1.40 bits per heavy atom. The molecule has 2 rings (SSSR count). The van der Waals surface area contributed by atoms with E-state index in [2.05, 4.69) is 25.3 Å². The predicted octanol–water partition coefficient (Wildman–Crippen LogP) is 3.78. The molecular formula is C8H4BrF3N2S. The van der Waals surface area contributed by atoms with Crippen molar-refractivity contribution >= 4 is 37.7 Å². The fourth-order valence-electron chi connectivity index (χ4n) is 1.26. The summed E-state index contributed by atoms with van der Waals surface area (Å²) in [5.41, 5.74) is -0.350. The van der Waals surface area contributed by atoms with Crippen molar-refractivity contribution in [3.63, 3.8) is 0 Å². The summed E-state index contributed by atoms with van der Waals surface area (Å²) >= 11 is 3.94. The number of alkyl halides is 3. The normalized spacial score (nSPS) is 12.3. The highest BCUT2D eigenvalue weighted by Gasteiger charge is 2.34. The molecule has 0 amide bonds. The number of hydrogen-bond donors (Lipinski definition) is 0. The van der Waals surface area contributed by atoms with E-state index < -0.39 is 11.7 Å². The van der Waals surface area contributed by atoms with Gasteiger partial charge in [0.1, 0.15) is 9.43 Å². The van der Waals surface area contributed by atoms with Gasteiger partial charge in [-0.15, -0.1) is 0 Å². The van der Waals surface area contributed by atoms with Gasteiger partial charge in [0.05, 0.1) is 10.9 Å². The topological polar surface area (TPSA) is 25.8 Å². The molecule has 0 fully saturated rings. The highest BCUT2D eigenvalue weighted by atomic mass is 79.9. The molecule has 0 atom stereocenters. The number of pyridine rings is 1. The van der Waals surface area contributed by atoms with Crippen molar-refractivity contribution in [2.75, 3.05) is 0 Å². The fourth-order valence-corrected chi connectivity index (χ4v) is 2.75. The van der Waals surface area contributed by atoms with Crippen LogP contribution in [0.4, 0.5) is 13.2 Å². The SMILES string of the molecule is Cc1cc(C(F)(F)F)c2c(Br)nsc2n1. The Kier molecular flexibility index (Phi) is 2.46. The molecule has 0 radical (unpaired) electrons. The predicted molar refractivity (Wildman–Crippen MR) is 54.9 cm³/mol. The molecule has 0 unspecified atom stereocenters. The van der Waals surface area contributed by atoms with Crippen molar-refractivity contribution < 1.29 is 13.2 Å². The summed E-state index contributed by atoms with van der Waals surface area (Å²) in [6.07, 6.45) is -4.38. The van der Waals surface area contributed by atoms with Gasteiger partial charge in [0.15, 0.2) is 0 Å². The Hall–Kier alpha value is -0.690. The first-order valence-electron chi connectivity index (χ1n) is 3.89. The molecule has 0 aliphatic carbocycles. The summed E-state index contributed by atoms with van der Waals surface area (Å²) < 4.78 is 42.1. The van der Waals surface area contributed by atoms with E-state index in [1.807, 2.05) is 0 Å². The quantitative estimate of drug-likeness (QED) is 0.739. The van der Waals surface area contributed by atoms with Gasteiger partial charge in [-0.05, 0) is 40.5 Å². The number of fused-ring (bicyclic) bond motifs is 1. The minimum Gasteiger partial charge on any atom is -0.241 e. The third-order valence-corrected chi connectivity index (χ3v) is 3.39. The number of nitrogens with zero attached hydrogens (tertiary/aromatic N) is 2. The summed E-state index contributed by atoms with van der Waals surface area (Å²) in [5.74, 6) is 0. The Labute approximate surface area is 95.4 Å². The first-order valence-corrected chi connectivity index (χ1v) is 5.46. The smallest absolute Gasteiger partial charge is 0.241 e. The summed E-state index contributed by atoms with van der Waals surface area (Å²) in [4.78, 5) is 4.30. The van der Waals surface area contributed by atoms with E-state index in [9.17, 15) is 13.2 Å². The van der Waals surface area contributed by atoms with Gasteiger partial charge in [0.2, 0.25) is 0 Å². The second-order valence-corrected chi connectivity index (χ2v) is 4.47. The maximum absolute atomic E-state index is 12.7. The van der Waals surface area contributed by atoms with E-state index in [0.29, 0.717) is 10.5 Å². The average Bonchev–Trinajstić information content (AvgIpc) is 2.44. The van der Waals surface area contributed by atoms with Crippen LogP contribution in [0.1, 0.15) is 11.3 Å². The minimum atomic E-state index is -4.38. The van der Waals surface area contributed by atoms with Crippen LogP contribution in [0.3, 0.4) is 0 Å². The highest BCUT2D eigenvalue weighted by Crippen LogP contribution is 2.38. The second-order valence-electron chi connectivity index (χ2n) is 2.96. The van der Waals surface area contributed by atoms with Crippen molar-refractivity contribution in [3.8, 4) is 0 Å².